The van der Waals surface area contributed by atoms with E-state index >= 15 is 0 Å². The molecule has 0 bridgehead atoms. The fourth-order valence-electron chi connectivity index (χ4n) is 1.47. The Morgan fingerprint density at radius 2 is 2.06 bits per heavy atom. The molecule has 2 rings (SSSR count). The maximum Gasteiger partial charge on any atom is 0.233 e. The maximum absolute atomic E-state index is 5.82. The minimum absolute atomic E-state index is 0.513. The summed E-state index contributed by atoms with van der Waals surface area (Å²) < 4.78 is 11.6. The number of nitrogen functional groups attached to an aromatic ring is 1. The highest BCUT2D eigenvalue weighted by molar-refractivity contribution is 9.10. The minimum Gasteiger partial charge on any atom is -0.495 e. The van der Waals surface area contributed by atoms with Gasteiger partial charge in [-0.1, -0.05) is 0 Å². The van der Waals surface area contributed by atoms with Gasteiger partial charge in [0.25, 0.3) is 0 Å². The van der Waals surface area contributed by atoms with Crippen LogP contribution in [0.2, 0.25) is 0 Å². The number of aryl methyl sites for hydroxylation is 1. The van der Waals surface area contributed by atoms with Crippen molar-refractivity contribution < 1.29 is 9.47 Å². The van der Waals surface area contributed by atoms with Crippen LogP contribution in [0.3, 0.4) is 0 Å². The van der Waals surface area contributed by atoms with Crippen LogP contribution in [0.25, 0.3) is 0 Å². The first-order chi connectivity index (χ1) is 8.61. The lowest BCUT2D eigenvalue weighted by atomic mass is 10.3. The van der Waals surface area contributed by atoms with Crippen LogP contribution in [0.4, 0.5) is 5.69 Å². The average Bonchev–Trinajstić information content (AvgIpc) is 2.35. The van der Waals surface area contributed by atoms with Crippen molar-refractivity contribution in [1.82, 2.24) is 4.98 Å². The molecule has 0 amide bonds. The molecule has 0 atom stereocenters. The second kappa shape index (κ2) is 5.27. The molecule has 4 nitrogen and oxygen atoms in total. The molecule has 5 heteroatoms. The third kappa shape index (κ3) is 2.56. The Kier molecular flexibility index (Phi) is 3.72. The standard InChI is InChI=1S/C13H13BrN2O2/c1-8-5-6-16-13(12(8)14)18-9-3-4-11(17-2)10(15)7-9/h3-7H,15H2,1-2H3. The fraction of sp³-hybridized carbons (Fsp3) is 0.154. The zero-order valence-corrected chi connectivity index (χ0v) is 11.7. The van der Waals surface area contributed by atoms with Crippen molar-refractivity contribution in [3.8, 4) is 17.4 Å². The van der Waals surface area contributed by atoms with Crippen molar-refractivity contribution in [3.63, 3.8) is 0 Å². The van der Waals surface area contributed by atoms with Gasteiger partial charge in [0.1, 0.15) is 11.5 Å². The van der Waals surface area contributed by atoms with E-state index in [9.17, 15) is 0 Å². The van der Waals surface area contributed by atoms with Crippen molar-refractivity contribution in [2.24, 2.45) is 0 Å². The highest BCUT2D eigenvalue weighted by Gasteiger charge is 2.08. The predicted octanol–water partition coefficient (Wildman–Crippen LogP) is 3.54. The lowest BCUT2D eigenvalue weighted by molar-refractivity contribution is 0.414. The number of methoxy groups -OCH3 is 1. The number of hydrogen-bond acceptors (Lipinski definition) is 4. The van der Waals surface area contributed by atoms with Crippen molar-refractivity contribution in [3.05, 3.63) is 40.5 Å². The lowest BCUT2D eigenvalue weighted by Crippen LogP contribution is -1.95. The number of ether oxygens (including phenoxy) is 2. The van der Waals surface area contributed by atoms with E-state index in [-0.39, 0.29) is 0 Å². The molecule has 1 aromatic carbocycles. The molecular weight excluding hydrogens is 296 g/mol. The number of halogens is 1. The van der Waals surface area contributed by atoms with E-state index in [0.717, 1.165) is 10.0 Å². The highest BCUT2D eigenvalue weighted by Crippen LogP contribution is 2.32. The van der Waals surface area contributed by atoms with Crippen LogP contribution >= 0.6 is 15.9 Å². The third-order valence-electron chi connectivity index (χ3n) is 2.47. The van der Waals surface area contributed by atoms with E-state index < -0.39 is 0 Å². The van der Waals surface area contributed by atoms with Crippen LogP contribution in [0.1, 0.15) is 5.56 Å². The first-order valence-electron chi connectivity index (χ1n) is 5.34. The number of benzene rings is 1. The molecule has 0 spiro atoms. The van der Waals surface area contributed by atoms with Gasteiger partial charge in [-0.25, -0.2) is 4.98 Å². The normalized spacial score (nSPS) is 10.2. The van der Waals surface area contributed by atoms with Crippen LogP contribution in [-0.2, 0) is 0 Å². The Bertz CT molecular complexity index is 573. The highest BCUT2D eigenvalue weighted by atomic mass is 79.9. The molecule has 94 valence electrons. The molecule has 0 fully saturated rings. The first kappa shape index (κ1) is 12.7. The molecule has 0 aliphatic heterocycles. The summed E-state index contributed by atoms with van der Waals surface area (Å²) in [5, 5.41) is 0. The SMILES string of the molecule is COc1ccc(Oc2nccc(C)c2Br)cc1N. The van der Waals surface area contributed by atoms with Crippen molar-refractivity contribution in [2.75, 3.05) is 12.8 Å². The lowest BCUT2D eigenvalue weighted by Gasteiger charge is -2.10. The van der Waals surface area contributed by atoms with Crippen LogP contribution < -0.4 is 15.2 Å². The predicted molar refractivity (Wildman–Crippen MR) is 74.2 cm³/mol. The van der Waals surface area contributed by atoms with Gasteiger partial charge in [-0.2, -0.15) is 0 Å². The minimum atomic E-state index is 0.513. The second-order valence-corrected chi connectivity index (χ2v) is 4.55. The number of rotatable bonds is 3. The van der Waals surface area contributed by atoms with Crippen molar-refractivity contribution >= 4 is 21.6 Å². The summed E-state index contributed by atoms with van der Waals surface area (Å²) in [5.41, 5.74) is 7.40. The number of nitrogens with zero attached hydrogens (tertiary/aromatic N) is 1. The van der Waals surface area contributed by atoms with Gasteiger partial charge in [0.15, 0.2) is 0 Å². The number of anilines is 1. The zero-order chi connectivity index (χ0) is 13.1. The van der Waals surface area contributed by atoms with Gasteiger partial charge in [0, 0.05) is 12.3 Å². The largest absolute Gasteiger partial charge is 0.495 e. The summed E-state index contributed by atoms with van der Waals surface area (Å²) in [6.07, 6.45) is 1.70. The Labute approximate surface area is 114 Å². The van der Waals surface area contributed by atoms with Crippen LogP contribution in [0, 0.1) is 6.92 Å². The van der Waals surface area contributed by atoms with E-state index in [1.54, 1.807) is 31.5 Å². The quantitative estimate of drug-likeness (QED) is 0.881. The molecular formula is C13H13BrN2O2. The number of hydrogen-bond donors (Lipinski definition) is 1. The topological polar surface area (TPSA) is 57.4 Å². The van der Waals surface area contributed by atoms with E-state index in [1.807, 2.05) is 13.0 Å². The molecule has 0 aliphatic rings. The Balaban J connectivity index is 2.29. The molecule has 0 radical (unpaired) electrons. The second-order valence-electron chi connectivity index (χ2n) is 3.75. The van der Waals surface area contributed by atoms with Gasteiger partial charge in [-0.3, -0.25) is 0 Å². The summed E-state index contributed by atoms with van der Waals surface area (Å²) in [4.78, 5) is 4.17. The summed E-state index contributed by atoms with van der Waals surface area (Å²) in [6, 6.07) is 7.15. The van der Waals surface area contributed by atoms with Gasteiger partial charge in [0.05, 0.1) is 17.3 Å². The van der Waals surface area contributed by atoms with Gasteiger partial charge >= 0.3 is 0 Å². The van der Waals surface area contributed by atoms with Gasteiger partial charge in [-0.05, 0) is 46.6 Å². The van der Waals surface area contributed by atoms with Gasteiger partial charge < -0.3 is 15.2 Å². The zero-order valence-electron chi connectivity index (χ0n) is 10.1. The molecule has 0 saturated carbocycles. The molecule has 2 aromatic rings. The van der Waals surface area contributed by atoms with E-state index in [2.05, 4.69) is 20.9 Å². The van der Waals surface area contributed by atoms with E-state index in [1.165, 1.54) is 0 Å². The van der Waals surface area contributed by atoms with Gasteiger partial charge in [-0.15, -0.1) is 0 Å². The summed E-state index contributed by atoms with van der Waals surface area (Å²) in [7, 11) is 1.57. The fourth-order valence-corrected chi connectivity index (χ4v) is 1.79. The monoisotopic (exact) mass is 308 g/mol. The molecule has 2 N–H and O–H groups in total. The summed E-state index contributed by atoms with van der Waals surface area (Å²) >= 11 is 3.44. The molecule has 1 heterocycles. The summed E-state index contributed by atoms with van der Waals surface area (Å²) in [6.45, 7) is 1.97. The molecule has 18 heavy (non-hydrogen) atoms. The third-order valence-corrected chi connectivity index (χ3v) is 3.43. The Morgan fingerprint density at radius 1 is 1.28 bits per heavy atom. The molecule has 1 aromatic heterocycles. The number of pyridine rings is 1. The van der Waals surface area contributed by atoms with E-state index in [4.69, 9.17) is 15.2 Å². The Hall–Kier alpha value is -1.75. The van der Waals surface area contributed by atoms with Crippen LogP contribution in [0.5, 0.6) is 17.4 Å². The average molecular weight is 309 g/mol. The summed E-state index contributed by atoms with van der Waals surface area (Å²) in [5.74, 6) is 1.75. The van der Waals surface area contributed by atoms with Crippen LogP contribution in [0.15, 0.2) is 34.9 Å². The van der Waals surface area contributed by atoms with Crippen molar-refractivity contribution in [1.29, 1.82) is 0 Å². The number of aromatic nitrogens is 1. The van der Waals surface area contributed by atoms with Crippen LogP contribution in [-0.4, -0.2) is 12.1 Å². The van der Waals surface area contributed by atoms with E-state index in [0.29, 0.717) is 23.1 Å². The molecule has 0 unspecified atom stereocenters. The molecule has 0 aliphatic carbocycles. The van der Waals surface area contributed by atoms with Gasteiger partial charge in [0.2, 0.25) is 5.88 Å². The first-order valence-corrected chi connectivity index (χ1v) is 6.13. The maximum atomic E-state index is 5.82. The Morgan fingerprint density at radius 3 is 2.72 bits per heavy atom. The smallest absolute Gasteiger partial charge is 0.233 e. The number of nitrogens with two attached hydrogens (primary N) is 1. The van der Waals surface area contributed by atoms with Crippen molar-refractivity contribution in [2.45, 2.75) is 6.92 Å². The molecule has 0 saturated heterocycles.